The summed E-state index contributed by atoms with van der Waals surface area (Å²) in [7, 11) is 1.88. The first-order chi connectivity index (χ1) is 6.03. The zero-order chi connectivity index (χ0) is 10.1. The molecule has 0 saturated heterocycles. The zero-order valence-electron chi connectivity index (χ0n) is 8.83. The zero-order valence-corrected chi connectivity index (χ0v) is 8.83. The van der Waals surface area contributed by atoms with Gasteiger partial charge in [-0.3, -0.25) is 4.68 Å². The Hall–Kier alpha value is -0.830. The lowest BCUT2D eigenvalue weighted by molar-refractivity contribution is 0.0277. The van der Waals surface area contributed by atoms with E-state index in [1.165, 1.54) is 0 Å². The van der Waals surface area contributed by atoms with E-state index in [9.17, 15) is 5.11 Å². The number of aromatic nitrogens is 2. The summed E-state index contributed by atoms with van der Waals surface area (Å²) in [6.07, 6.45) is 3.37. The topological polar surface area (TPSA) is 38.0 Å². The van der Waals surface area contributed by atoms with Gasteiger partial charge in [0, 0.05) is 18.8 Å². The number of aryl methyl sites for hydroxylation is 2. The van der Waals surface area contributed by atoms with Crippen LogP contribution in [0, 0.1) is 6.92 Å². The van der Waals surface area contributed by atoms with Crippen LogP contribution in [0.15, 0.2) is 6.20 Å². The maximum absolute atomic E-state index is 10.2. The van der Waals surface area contributed by atoms with Crippen LogP contribution in [0.2, 0.25) is 0 Å². The van der Waals surface area contributed by atoms with E-state index in [-0.39, 0.29) is 0 Å². The minimum atomic E-state index is -0.696. The average Bonchev–Trinajstić information content (AvgIpc) is 2.44. The van der Waals surface area contributed by atoms with Crippen molar-refractivity contribution in [2.45, 2.75) is 39.2 Å². The predicted octanol–water partition coefficient (Wildman–Crippen LogP) is 1.74. The summed E-state index contributed by atoms with van der Waals surface area (Å²) in [5.41, 5.74) is 1.19. The molecule has 0 spiro atoms. The molecular formula is C10H18N2O. The van der Waals surface area contributed by atoms with Gasteiger partial charge in [-0.05, 0) is 19.8 Å². The minimum Gasteiger partial charge on any atom is -0.385 e. The fourth-order valence-corrected chi connectivity index (χ4v) is 1.69. The Balaban J connectivity index is 3.11. The van der Waals surface area contributed by atoms with E-state index < -0.39 is 5.60 Å². The first-order valence-corrected chi connectivity index (χ1v) is 4.76. The second kappa shape index (κ2) is 3.50. The van der Waals surface area contributed by atoms with Crippen molar-refractivity contribution >= 4 is 0 Å². The average molecular weight is 182 g/mol. The third-order valence-electron chi connectivity index (χ3n) is 2.68. The maximum atomic E-state index is 10.2. The Kier molecular flexibility index (Phi) is 2.76. The Morgan fingerprint density at radius 1 is 1.46 bits per heavy atom. The van der Waals surface area contributed by atoms with Gasteiger partial charge in [0.1, 0.15) is 0 Å². The van der Waals surface area contributed by atoms with E-state index in [0.717, 1.165) is 24.1 Å². The lowest BCUT2D eigenvalue weighted by Gasteiger charge is -2.24. The molecule has 0 aliphatic heterocycles. The van der Waals surface area contributed by atoms with Gasteiger partial charge < -0.3 is 5.11 Å². The van der Waals surface area contributed by atoms with Crippen molar-refractivity contribution in [1.29, 1.82) is 0 Å². The quantitative estimate of drug-likeness (QED) is 0.773. The SMILES string of the molecule is CCC(O)(CC)c1cn(C)nc1C. The van der Waals surface area contributed by atoms with Crippen LogP contribution in [0.1, 0.15) is 37.9 Å². The second-order valence-corrected chi connectivity index (χ2v) is 3.54. The highest BCUT2D eigenvalue weighted by atomic mass is 16.3. The molecule has 0 atom stereocenters. The van der Waals surface area contributed by atoms with Crippen LogP contribution in [-0.2, 0) is 12.6 Å². The molecule has 1 rings (SSSR count). The number of rotatable bonds is 3. The van der Waals surface area contributed by atoms with Crippen molar-refractivity contribution in [1.82, 2.24) is 9.78 Å². The third kappa shape index (κ3) is 1.75. The predicted molar refractivity (Wildman–Crippen MR) is 52.4 cm³/mol. The molecule has 1 aromatic heterocycles. The molecule has 0 radical (unpaired) electrons. The summed E-state index contributed by atoms with van der Waals surface area (Å²) in [4.78, 5) is 0. The van der Waals surface area contributed by atoms with Crippen LogP contribution >= 0.6 is 0 Å². The molecule has 0 unspecified atom stereocenters. The van der Waals surface area contributed by atoms with Crippen LogP contribution in [0.4, 0.5) is 0 Å². The van der Waals surface area contributed by atoms with Crippen LogP contribution in [0.25, 0.3) is 0 Å². The van der Waals surface area contributed by atoms with Crippen molar-refractivity contribution in [2.75, 3.05) is 0 Å². The minimum absolute atomic E-state index is 0.696. The number of hydrogen-bond donors (Lipinski definition) is 1. The highest BCUT2D eigenvalue weighted by molar-refractivity contribution is 5.23. The molecule has 74 valence electrons. The molecule has 0 bridgehead atoms. The molecule has 0 fully saturated rings. The summed E-state index contributed by atoms with van der Waals surface area (Å²) in [5.74, 6) is 0. The standard InChI is InChI=1S/C10H18N2O/c1-5-10(13,6-2)9-7-12(4)11-8(9)3/h7,13H,5-6H2,1-4H3. The monoisotopic (exact) mass is 182 g/mol. The van der Waals surface area contributed by atoms with Gasteiger partial charge in [0.15, 0.2) is 0 Å². The van der Waals surface area contributed by atoms with Crippen molar-refractivity contribution in [2.24, 2.45) is 7.05 Å². The fraction of sp³-hybridized carbons (Fsp3) is 0.700. The fourth-order valence-electron chi connectivity index (χ4n) is 1.69. The first-order valence-electron chi connectivity index (χ1n) is 4.76. The molecule has 0 aliphatic rings. The molecule has 0 saturated carbocycles. The van der Waals surface area contributed by atoms with Crippen LogP contribution in [-0.4, -0.2) is 14.9 Å². The number of hydrogen-bond acceptors (Lipinski definition) is 2. The molecule has 0 amide bonds. The normalized spacial score (nSPS) is 12.1. The van der Waals surface area contributed by atoms with Crippen molar-refractivity contribution < 1.29 is 5.11 Å². The van der Waals surface area contributed by atoms with E-state index in [4.69, 9.17) is 0 Å². The summed E-state index contributed by atoms with van der Waals surface area (Å²) < 4.78 is 1.75. The molecule has 1 aromatic rings. The molecule has 1 heterocycles. The van der Waals surface area contributed by atoms with Crippen LogP contribution < -0.4 is 0 Å². The van der Waals surface area contributed by atoms with Gasteiger partial charge in [0.25, 0.3) is 0 Å². The molecule has 0 aromatic carbocycles. The Bertz CT molecular complexity index is 287. The van der Waals surface area contributed by atoms with Gasteiger partial charge in [0.05, 0.1) is 11.3 Å². The van der Waals surface area contributed by atoms with Gasteiger partial charge in [-0.2, -0.15) is 5.10 Å². The lowest BCUT2D eigenvalue weighted by Crippen LogP contribution is -2.23. The van der Waals surface area contributed by atoms with Crippen LogP contribution in [0.3, 0.4) is 0 Å². The van der Waals surface area contributed by atoms with E-state index in [1.54, 1.807) is 4.68 Å². The summed E-state index contributed by atoms with van der Waals surface area (Å²) in [6, 6.07) is 0. The second-order valence-electron chi connectivity index (χ2n) is 3.54. The van der Waals surface area contributed by atoms with Gasteiger partial charge >= 0.3 is 0 Å². The highest BCUT2D eigenvalue weighted by Crippen LogP contribution is 2.29. The van der Waals surface area contributed by atoms with E-state index >= 15 is 0 Å². The van der Waals surface area contributed by atoms with Gasteiger partial charge in [0.2, 0.25) is 0 Å². The molecule has 0 aliphatic carbocycles. The summed E-state index contributed by atoms with van der Waals surface area (Å²) >= 11 is 0. The smallest absolute Gasteiger partial charge is 0.0924 e. The highest BCUT2D eigenvalue weighted by Gasteiger charge is 2.28. The van der Waals surface area contributed by atoms with Crippen LogP contribution in [0.5, 0.6) is 0 Å². The number of aliphatic hydroxyl groups is 1. The van der Waals surface area contributed by atoms with Crippen molar-refractivity contribution in [3.05, 3.63) is 17.5 Å². The van der Waals surface area contributed by atoms with Crippen molar-refractivity contribution in [3.63, 3.8) is 0 Å². The Morgan fingerprint density at radius 2 is 2.00 bits per heavy atom. The maximum Gasteiger partial charge on any atom is 0.0924 e. The first kappa shape index (κ1) is 10.3. The van der Waals surface area contributed by atoms with Gasteiger partial charge in [-0.25, -0.2) is 0 Å². The molecule has 1 N–H and O–H groups in total. The van der Waals surface area contributed by atoms with E-state index in [1.807, 2.05) is 34.0 Å². The largest absolute Gasteiger partial charge is 0.385 e. The van der Waals surface area contributed by atoms with Gasteiger partial charge in [-0.1, -0.05) is 13.8 Å². The van der Waals surface area contributed by atoms with Gasteiger partial charge in [-0.15, -0.1) is 0 Å². The lowest BCUT2D eigenvalue weighted by atomic mass is 9.89. The summed E-state index contributed by atoms with van der Waals surface area (Å²) in [6.45, 7) is 5.93. The molecule has 3 heteroatoms. The van der Waals surface area contributed by atoms with E-state index in [0.29, 0.717) is 0 Å². The Labute approximate surface area is 79.4 Å². The molecule has 3 nitrogen and oxygen atoms in total. The summed E-state index contributed by atoms with van der Waals surface area (Å²) in [5, 5.41) is 14.5. The Morgan fingerprint density at radius 3 is 2.31 bits per heavy atom. The molecule has 13 heavy (non-hydrogen) atoms. The third-order valence-corrected chi connectivity index (χ3v) is 2.68. The number of nitrogens with zero attached hydrogens (tertiary/aromatic N) is 2. The van der Waals surface area contributed by atoms with E-state index in [2.05, 4.69) is 5.10 Å². The molecular weight excluding hydrogens is 164 g/mol. The van der Waals surface area contributed by atoms with Crippen molar-refractivity contribution in [3.8, 4) is 0 Å².